The van der Waals surface area contributed by atoms with Gasteiger partial charge < -0.3 is 11.1 Å². The van der Waals surface area contributed by atoms with Crippen LogP contribution in [-0.4, -0.2) is 24.5 Å². The van der Waals surface area contributed by atoms with Crippen molar-refractivity contribution in [3.63, 3.8) is 0 Å². The van der Waals surface area contributed by atoms with Crippen LogP contribution in [-0.2, 0) is 4.79 Å². The zero-order chi connectivity index (χ0) is 13.4. The molecule has 0 saturated heterocycles. The third kappa shape index (κ3) is 5.77. The fourth-order valence-corrected chi connectivity index (χ4v) is 2.20. The first kappa shape index (κ1) is 14.6. The summed E-state index contributed by atoms with van der Waals surface area (Å²) in [6, 6.07) is 7.44. The van der Waals surface area contributed by atoms with E-state index >= 15 is 0 Å². The fourth-order valence-electron chi connectivity index (χ4n) is 1.51. The lowest BCUT2D eigenvalue weighted by atomic mass is 10.2. The molecule has 1 unspecified atom stereocenters. The summed E-state index contributed by atoms with van der Waals surface area (Å²) in [7, 11) is 0. The molecule has 0 aliphatic heterocycles. The number of anilines is 1. The second-order valence-corrected chi connectivity index (χ2v) is 5.22. The van der Waals surface area contributed by atoms with Gasteiger partial charge >= 0.3 is 0 Å². The first-order chi connectivity index (χ1) is 8.61. The Morgan fingerprint density at radius 1 is 1.56 bits per heavy atom. The highest BCUT2D eigenvalue weighted by atomic mass is 32.2. The second-order valence-electron chi connectivity index (χ2n) is 4.31. The molecule has 0 bridgehead atoms. The lowest BCUT2D eigenvalue weighted by Crippen LogP contribution is -2.27. The average Bonchev–Trinajstić information content (AvgIpc) is 2.34. The second kappa shape index (κ2) is 7.82. The summed E-state index contributed by atoms with van der Waals surface area (Å²) in [6.45, 7) is 2.83. The first-order valence-electron chi connectivity index (χ1n) is 5.92. The molecule has 0 aliphatic rings. The Labute approximate surface area is 113 Å². The van der Waals surface area contributed by atoms with E-state index in [0.717, 1.165) is 11.3 Å². The van der Waals surface area contributed by atoms with Crippen LogP contribution < -0.4 is 11.1 Å². The number of nitrogens with two attached hydrogens (primary N) is 1. The molecule has 3 nitrogen and oxygen atoms in total. The van der Waals surface area contributed by atoms with Crippen molar-refractivity contribution in [1.29, 1.82) is 0 Å². The number of rotatable bonds is 6. The molecule has 1 aromatic rings. The normalized spacial score (nSPS) is 12.6. The Morgan fingerprint density at radius 3 is 3.00 bits per heavy atom. The van der Waals surface area contributed by atoms with Gasteiger partial charge in [-0.25, -0.2) is 0 Å². The topological polar surface area (TPSA) is 55.1 Å². The van der Waals surface area contributed by atoms with Crippen LogP contribution in [0.5, 0.6) is 0 Å². The monoisotopic (exact) mass is 264 g/mol. The summed E-state index contributed by atoms with van der Waals surface area (Å²) >= 11 is 1.79. The van der Waals surface area contributed by atoms with E-state index in [1.165, 1.54) is 0 Å². The van der Waals surface area contributed by atoms with Gasteiger partial charge in [-0.15, -0.1) is 0 Å². The Bertz CT molecular complexity index is 418. The number of thioether (sulfide) groups is 1. The van der Waals surface area contributed by atoms with Crippen LogP contribution in [0.3, 0.4) is 0 Å². The number of carbonyl (C=O) groups is 1. The number of benzene rings is 1. The van der Waals surface area contributed by atoms with Crippen molar-refractivity contribution in [2.45, 2.75) is 6.92 Å². The molecule has 0 aliphatic carbocycles. The van der Waals surface area contributed by atoms with E-state index in [1.54, 1.807) is 23.9 Å². The SMILES string of the molecule is CSCC(C)CNC(=O)/C=C/c1cccc(N)c1. The largest absolute Gasteiger partial charge is 0.399 e. The van der Waals surface area contributed by atoms with Crippen molar-refractivity contribution >= 4 is 29.4 Å². The van der Waals surface area contributed by atoms with Crippen LogP contribution in [0.2, 0.25) is 0 Å². The molecular weight excluding hydrogens is 244 g/mol. The molecule has 0 heterocycles. The standard InChI is InChI=1S/C14H20N2OS/c1-11(10-18-2)9-16-14(17)7-6-12-4-3-5-13(15)8-12/h3-8,11H,9-10,15H2,1-2H3,(H,16,17)/b7-6+. The van der Waals surface area contributed by atoms with Crippen LogP contribution in [0.4, 0.5) is 5.69 Å². The maximum absolute atomic E-state index is 11.6. The van der Waals surface area contributed by atoms with Gasteiger partial charge in [0.25, 0.3) is 0 Å². The minimum Gasteiger partial charge on any atom is -0.399 e. The van der Waals surface area contributed by atoms with Gasteiger partial charge in [0, 0.05) is 18.3 Å². The van der Waals surface area contributed by atoms with Gasteiger partial charge in [0.1, 0.15) is 0 Å². The van der Waals surface area contributed by atoms with Crippen LogP contribution in [0.1, 0.15) is 12.5 Å². The van der Waals surface area contributed by atoms with E-state index in [9.17, 15) is 4.79 Å². The molecule has 0 aromatic heterocycles. The highest BCUT2D eigenvalue weighted by Crippen LogP contribution is 2.08. The molecular formula is C14H20N2OS. The van der Waals surface area contributed by atoms with Crippen LogP contribution in [0.15, 0.2) is 30.3 Å². The number of hydrogen-bond acceptors (Lipinski definition) is 3. The average molecular weight is 264 g/mol. The van der Waals surface area contributed by atoms with Crippen molar-refractivity contribution in [3.05, 3.63) is 35.9 Å². The molecule has 1 amide bonds. The van der Waals surface area contributed by atoms with Crippen LogP contribution in [0.25, 0.3) is 6.08 Å². The number of hydrogen-bond donors (Lipinski definition) is 2. The highest BCUT2D eigenvalue weighted by Gasteiger charge is 2.02. The fraction of sp³-hybridized carbons (Fsp3) is 0.357. The van der Waals surface area contributed by atoms with E-state index in [0.29, 0.717) is 18.2 Å². The van der Waals surface area contributed by atoms with E-state index in [1.807, 2.05) is 24.3 Å². The van der Waals surface area contributed by atoms with Crippen molar-refractivity contribution in [3.8, 4) is 0 Å². The van der Waals surface area contributed by atoms with Gasteiger partial charge in [0.05, 0.1) is 0 Å². The summed E-state index contributed by atoms with van der Waals surface area (Å²) in [5.41, 5.74) is 7.29. The molecule has 98 valence electrons. The van der Waals surface area contributed by atoms with E-state index in [4.69, 9.17) is 5.73 Å². The molecule has 1 atom stereocenters. The zero-order valence-electron chi connectivity index (χ0n) is 10.8. The third-order valence-corrected chi connectivity index (χ3v) is 3.32. The van der Waals surface area contributed by atoms with Gasteiger partial charge in [-0.05, 0) is 41.7 Å². The zero-order valence-corrected chi connectivity index (χ0v) is 11.7. The summed E-state index contributed by atoms with van der Waals surface area (Å²) in [5.74, 6) is 1.48. The summed E-state index contributed by atoms with van der Waals surface area (Å²) in [5, 5.41) is 2.88. The Balaban J connectivity index is 2.40. The smallest absolute Gasteiger partial charge is 0.244 e. The van der Waals surface area contributed by atoms with E-state index in [-0.39, 0.29) is 5.91 Å². The van der Waals surface area contributed by atoms with E-state index < -0.39 is 0 Å². The molecule has 4 heteroatoms. The van der Waals surface area contributed by atoms with Crippen molar-refractivity contribution in [2.75, 3.05) is 24.3 Å². The lowest BCUT2D eigenvalue weighted by Gasteiger charge is -2.09. The molecule has 0 radical (unpaired) electrons. The van der Waals surface area contributed by atoms with Gasteiger partial charge in [-0.3, -0.25) is 4.79 Å². The minimum atomic E-state index is -0.0645. The maximum atomic E-state index is 11.6. The summed E-state index contributed by atoms with van der Waals surface area (Å²) in [4.78, 5) is 11.6. The highest BCUT2D eigenvalue weighted by molar-refractivity contribution is 7.98. The van der Waals surface area contributed by atoms with Crippen LogP contribution in [0, 0.1) is 5.92 Å². The predicted octanol–water partition coefficient (Wildman–Crippen LogP) is 2.40. The lowest BCUT2D eigenvalue weighted by molar-refractivity contribution is -0.116. The van der Waals surface area contributed by atoms with Crippen molar-refractivity contribution in [1.82, 2.24) is 5.32 Å². The Hall–Kier alpha value is -1.42. The minimum absolute atomic E-state index is 0.0645. The summed E-state index contributed by atoms with van der Waals surface area (Å²) in [6.07, 6.45) is 5.38. The molecule has 18 heavy (non-hydrogen) atoms. The maximum Gasteiger partial charge on any atom is 0.244 e. The summed E-state index contributed by atoms with van der Waals surface area (Å²) < 4.78 is 0. The number of carbonyl (C=O) groups excluding carboxylic acids is 1. The molecule has 0 spiro atoms. The molecule has 0 saturated carbocycles. The quantitative estimate of drug-likeness (QED) is 0.613. The molecule has 0 fully saturated rings. The number of nitrogens with one attached hydrogen (secondary N) is 1. The van der Waals surface area contributed by atoms with E-state index in [2.05, 4.69) is 18.5 Å². The number of nitrogen functional groups attached to an aromatic ring is 1. The Kier molecular flexibility index (Phi) is 6.36. The van der Waals surface area contributed by atoms with Gasteiger partial charge in [0.2, 0.25) is 5.91 Å². The predicted molar refractivity (Wildman–Crippen MR) is 80.4 cm³/mol. The molecule has 3 N–H and O–H groups in total. The van der Waals surface area contributed by atoms with Gasteiger partial charge in [-0.1, -0.05) is 19.1 Å². The van der Waals surface area contributed by atoms with Gasteiger partial charge in [-0.2, -0.15) is 11.8 Å². The van der Waals surface area contributed by atoms with Crippen molar-refractivity contribution in [2.24, 2.45) is 5.92 Å². The first-order valence-corrected chi connectivity index (χ1v) is 7.31. The van der Waals surface area contributed by atoms with Crippen molar-refractivity contribution < 1.29 is 4.79 Å². The molecule has 1 rings (SSSR count). The Morgan fingerprint density at radius 2 is 2.33 bits per heavy atom. The van der Waals surface area contributed by atoms with Gasteiger partial charge in [0.15, 0.2) is 0 Å². The third-order valence-electron chi connectivity index (χ3n) is 2.41. The molecule has 1 aromatic carbocycles. The van der Waals surface area contributed by atoms with Crippen LogP contribution >= 0.6 is 11.8 Å². The number of amides is 1.